The average Bonchev–Trinajstić information content (AvgIpc) is 3.10. The van der Waals surface area contributed by atoms with E-state index in [-0.39, 0.29) is 24.3 Å². The van der Waals surface area contributed by atoms with Crippen LogP contribution in [0.2, 0.25) is 5.02 Å². The van der Waals surface area contributed by atoms with Gasteiger partial charge in [-0.25, -0.2) is 9.50 Å². The van der Waals surface area contributed by atoms with Gasteiger partial charge in [-0.2, -0.15) is 10.4 Å². The highest BCUT2D eigenvalue weighted by atomic mass is 35.5. The van der Waals surface area contributed by atoms with Gasteiger partial charge in [0.05, 0.1) is 17.4 Å². The van der Waals surface area contributed by atoms with Crippen LogP contribution in [0.1, 0.15) is 53.1 Å². The van der Waals surface area contributed by atoms with E-state index in [1.807, 2.05) is 27.7 Å². The van der Waals surface area contributed by atoms with Crippen molar-refractivity contribution in [3.05, 3.63) is 57.5 Å². The van der Waals surface area contributed by atoms with Crippen molar-refractivity contribution in [2.45, 2.75) is 46.6 Å². The zero-order valence-electron chi connectivity index (χ0n) is 17.8. The number of carbonyl (C=O) groups excluding carboxylic acids is 2. The SMILES string of the molecule is Cc1nc2c(C#N)cnn2c(C)c1CCC(=O)Nc1cc(Cl)ccc1C(=O)NC(C)C. The molecule has 0 aliphatic carbocycles. The number of amides is 2. The summed E-state index contributed by atoms with van der Waals surface area (Å²) in [7, 11) is 0. The summed E-state index contributed by atoms with van der Waals surface area (Å²) < 4.78 is 1.62. The third-order valence-electron chi connectivity index (χ3n) is 4.85. The maximum atomic E-state index is 12.7. The number of aromatic nitrogens is 3. The highest BCUT2D eigenvalue weighted by molar-refractivity contribution is 6.31. The Hall–Kier alpha value is -3.44. The Labute approximate surface area is 185 Å². The lowest BCUT2D eigenvalue weighted by atomic mass is 10.1. The molecule has 0 radical (unpaired) electrons. The molecule has 0 saturated heterocycles. The monoisotopic (exact) mass is 438 g/mol. The van der Waals surface area contributed by atoms with Gasteiger partial charge < -0.3 is 10.6 Å². The molecule has 160 valence electrons. The molecule has 2 aromatic heterocycles. The molecule has 3 aromatic rings. The highest BCUT2D eigenvalue weighted by Gasteiger charge is 2.17. The number of nitrogens with zero attached hydrogens (tertiary/aromatic N) is 4. The first-order valence-electron chi connectivity index (χ1n) is 9.85. The smallest absolute Gasteiger partial charge is 0.253 e. The Bertz CT molecular complexity index is 1210. The second kappa shape index (κ2) is 9.14. The number of halogens is 1. The molecular formula is C22H23ClN6O2. The Morgan fingerprint density at radius 3 is 2.71 bits per heavy atom. The standard InChI is InChI=1S/C22H23ClN6O2/c1-12(2)26-22(31)18-6-5-16(23)9-19(18)28-20(30)8-7-17-13(3)27-21-15(10-24)11-25-29(21)14(17)4/h5-6,9,11-12H,7-8H2,1-4H3,(H,26,31)(H,28,30). The van der Waals surface area contributed by atoms with Crippen molar-refractivity contribution >= 4 is 34.7 Å². The zero-order valence-corrected chi connectivity index (χ0v) is 18.5. The molecule has 2 amide bonds. The molecule has 2 N–H and O–H groups in total. The largest absolute Gasteiger partial charge is 0.350 e. The molecule has 0 fully saturated rings. The number of nitrogens with one attached hydrogen (secondary N) is 2. The second-order valence-corrected chi connectivity index (χ2v) is 7.97. The minimum absolute atomic E-state index is 0.0380. The maximum absolute atomic E-state index is 12.7. The van der Waals surface area contributed by atoms with E-state index in [9.17, 15) is 14.9 Å². The topological polar surface area (TPSA) is 112 Å². The van der Waals surface area contributed by atoms with Crippen LogP contribution in [0.3, 0.4) is 0 Å². The van der Waals surface area contributed by atoms with Gasteiger partial charge in [-0.05, 0) is 57.9 Å². The normalized spacial score (nSPS) is 10.9. The van der Waals surface area contributed by atoms with Gasteiger partial charge in [0.15, 0.2) is 5.65 Å². The van der Waals surface area contributed by atoms with Crippen molar-refractivity contribution < 1.29 is 9.59 Å². The summed E-state index contributed by atoms with van der Waals surface area (Å²) >= 11 is 6.07. The van der Waals surface area contributed by atoms with Crippen molar-refractivity contribution in [2.75, 3.05) is 5.32 Å². The number of hydrogen-bond acceptors (Lipinski definition) is 5. The van der Waals surface area contributed by atoms with E-state index in [0.29, 0.717) is 33.9 Å². The van der Waals surface area contributed by atoms with Crippen LogP contribution in [0.25, 0.3) is 5.65 Å². The lowest BCUT2D eigenvalue weighted by Gasteiger charge is -2.14. The van der Waals surface area contributed by atoms with Gasteiger partial charge in [-0.1, -0.05) is 11.6 Å². The molecule has 0 unspecified atom stereocenters. The van der Waals surface area contributed by atoms with Crippen LogP contribution in [-0.4, -0.2) is 32.5 Å². The quantitative estimate of drug-likeness (QED) is 0.610. The van der Waals surface area contributed by atoms with Crippen LogP contribution in [0.5, 0.6) is 0 Å². The molecular weight excluding hydrogens is 416 g/mol. The summed E-state index contributed by atoms with van der Waals surface area (Å²) in [6.07, 6.45) is 2.09. The molecule has 0 aliphatic heterocycles. The summed E-state index contributed by atoms with van der Waals surface area (Å²) in [6, 6.07) is 6.80. The molecule has 0 saturated carbocycles. The molecule has 2 heterocycles. The van der Waals surface area contributed by atoms with E-state index in [0.717, 1.165) is 17.0 Å². The van der Waals surface area contributed by atoms with E-state index in [2.05, 4.69) is 26.8 Å². The third kappa shape index (κ3) is 4.84. The number of carbonyl (C=O) groups is 2. The van der Waals surface area contributed by atoms with Crippen LogP contribution in [0.15, 0.2) is 24.4 Å². The van der Waals surface area contributed by atoms with Crippen LogP contribution in [-0.2, 0) is 11.2 Å². The maximum Gasteiger partial charge on any atom is 0.253 e. The number of fused-ring (bicyclic) bond motifs is 1. The van der Waals surface area contributed by atoms with Crippen LogP contribution in [0.4, 0.5) is 5.69 Å². The van der Waals surface area contributed by atoms with Crippen molar-refractivity contribution in [3.63, 3.8) is 0 Å². The molecule has 1 aromatic carbocycles. The predicted molar refractivity (Wildman–Crippen MR) is 118 cm³/mol. The number of hydrogen-bond donors (Lipinski definition) is 2. The number of nitriles is 1. The molecule has 8 nitrogen and oxygen atoms in total. The molecule has 3 rings (SSSR count). The van der Waals surface area contributed by atoms with E-state index in [1.165, 1.54) is 6.20 Å². The van der Waals surface area contributed by atoms with E-state index < -0.39 is 0 Å². The number of aryl methyl sites for hydroxylation is 2. The molecule has 9 heteroatoms. The van der Waals surface area contributed by atoms with Gasteiger partial charge in [0, 0.05) is 28.9 Å². The first kappa shape index (κ1) is 22.2. The van der Waals surface area contributed by atoms with Gasteiger partial charge >= 0.3 is 0 Å². The third-order valence-corrected chi connectivity index (χ3v) is 5.09. The summed E-state index contributed by atoms with van der Waals surface area (Å²) in [5.41, 5.74) is 4.09. The van der Waals surface area contributed by atoms with Gasteiger partial charge in [0.1, 0.15) is 11.6 Å². The summed E-state index contributed by atoms with van der Waals surface area (Å²) in [4.78, 5) is 29.6. The Morgan fingerprint density at radius 1 is 1.29 bits per heavy atom. The van der Waals surface area contributed by atoms with Crippen molar-refractivity contribution in [3.8, 4) is 6.07 Å². The molecule has 0 atom stereocenters. The Balaban J connectivity index is 1.78. The zero-order chi connectivity index (χ0) is 22.7. The van der Waals surface area contributed by atoms with E-state index >= 15 is 0 Å². The highest BCUT2D eigenvalue weighted by Crippen LogP contribution is 2.23. The first-order valence-corrected chi connectivity index (χ1v) is 10.2. The summed E-state index contributed by atoms with van der Waals surface area (Å²) in [5, 5.41) is 19.4. The molecule has 31 heavy (non-hydrogen) atoms. The second-order valence-electron chi connectivity index (χ2n) is 7.53. The van der Waals surface area contributed by atoms with Crippen LogP contribution < -0.4 is 10.6 Å². The summed E-state index contributed by atoms with van der Waals surface area (Å²) in [5.74, 6) is -0.534. The number of benzene rings is 1. The Morgan fingerprint density at radius 2 is 2.03 bits per heavy atom. The minimum Gasteiger partial charge on any atom is -0.350 e. The van der Waals surface area contributed by atoms with Gasteiger partial charge in [-0.3, -0.25) is 9.59 Å². The fourth-order valence-corrected chi connectivity index (χ4v) is 3.53. The van der Waals surface area contributed by atoms with Gasteiger partial charge in [-0.15, -0.1) is 0 Å². The van der Waals surface area contributed by atoms with Crippen LogP contribution in [0, 0.1) is 25.2 Å². The Kier molecular flexibility index (Phi) is 6.56. The fourth-order valence-electron chi connectivity index (χ4n) is 3.36. The lowest BCUT2D eigenvalue weighted by Crippen LogP contribution is -2.31. The van der Waals surface area contributed by atoms with E-state index in [4.69, 9.17) is 11.6 Å². The lowest BCUT2D eigenvalue weighted by molar-refractivity contribution is -0.116. The molecule has 0 spiro atoms. The minimum atomic E-state index is -0.282. The summed E-state index contributed by atoms with van der Waals surface area (Å²) in [6.45, 7) is 7.45. The molecule has 0 aliphatic rings. The van der Waals surface area contributed by atoms with Crippen molar-refractivity contribution in [2.24, 2.45) is 0 Å². The molecule has 0 bridgehead atoms. The van der Waals surface area contributed by atoms with Gasteiger partial charge in [0.2, 0.25) is 5.91 Å². The predicted octanol–water partition coefficient (Wildman–Crippen LogP) is 3.58. The number of rotatable bonds is 6. The van der Waals surface area contributed by atoms with E-state index in [1.54, 1.807) is 22.7 Å². The van der Waals surface area contributed by atoms with Gasteiger partial charge in [0.25, 0.3) is 5.91 Å². The van der Waals surface area contributed by atoms with Crippen LogP contribution >= 0.6 is 11.6 Å². The van der Waals surface area contributed by atoms with Crippen molar-refractivity contribution in [1.82, 2.24) is 19.9 Å². The van der Waals surface area contributed by atoms with Crippen molar-refractivity contribution in [1.29, 1.82) is 5.26 Å². The first-order chi connectivity index (χ1) is 14.7. The fraction of sp³-hybridized carbons (Fsp3) is 0.318. The average molecular weight is 439 g/mol. The number of anilines is 1.